The first-order valence-corrected chi connectivity index (χ1v) is 4.23. The molecule has 0 aliphatic heterocycles. The van der Waals surface area contributed by atoms with E-state index in [1.165, 1.54) is 5.56 Å². The Kier molecular flexibility index (Phi) is 287. The molecule has 0 fully saturated rings. The summed E-state index contributed by atoms with van der Waals surface area (Å²) in [6.07, 6.45) is 3.00. The van der Waals surface area contributed by atoms with E-state index >= 15 is 0 Å². The molecule has 0 unspecified atom stereocenters. The van der Waals surface area contributed by atoms with E-state index in [9.17, 15) is 0 Å². The molecular weight excluding hydrogens is 324 g/mol. The predicted octanol–water partition coefficient (Wildman–Crippen LogP) is 5.42. The highest BCUT2D eigenvalue weighted by molar-refractivity contribution is 5.26. The maximum Gasteiger partial charge on any atom is 0.231 e. The van der Waals surface area contributed by atoms with E-state index in [1.54, 1.807) is 0 Å². The molecule has 0 aromatic heterocycles. The third-order valence-corrected chi connectivity index (χ3v) is 0.940. The summed E-state index contributed by atoms with van der Waals surface area (Å²) in [6.45, 7) is 2.08. The molecule has 0 amide bonds. The van der Waals surface area contributed by atoms with Gasteiger partial charge in [0.25, 0.3) is 0 Å². The van der Waals surface area contributed by atoms with Crippen molar-refractivity contribution in [3.63, 3.8) is 0 Å². The fourth-order valence-electron chi connectivity index (χ4n) is 0.534. The zero-order valence-electron chi connectivity index (χ0n) is 10.0. The van der Waals surface area contributed by atoms with Gasteiger partial charge >= 0.3 is 0 Å². The lowest BCUT2D eigenvalue weighted by molar-refractivity contribution is 0.562. The molecule has 0 bridgehead atoms. The van der Waals surface area contributed by atoms with Crippen molar-refractivity contribution in [3.05, 3.63) is 35.9 Å². The Morgan fingerprint density at radius 3 is 0.800 bits per heavy atom. The second-order valence-corrected chi connectivity index (χ2v) is 2.06. The van der Waals surface area contributed by atoms with Gasteiger partial charge in [-0.1, -0.05) is 80.5 Å². The van der Waals surface area contributed by atoms with Gasteiger partial charge in [0.1, 0.15) is 0 Å². The van der Waals surface area contributed by atoms with Crippen LogP contribution in [0.2, 0.25) is 0 Å². The van der Waals surface area contributed by atoms with Gasteiger partial charge in [-0.2, -0.15) is 0 Å². The Hall–Kier alpha value is -3.26. The Morgan fingerprint density at radius 1 is 0.560 bits per heavy atom. The zero-order chi connectivity index (χ0) is 15.9. The molecule has 0 radical (unpaired) electrons. The summed E-state index contributed by atoms with van der Waals surface area (Å²) in [5.74, 6) is 0. The summed E-state index contributed by atoms with van der Waals surface area (Å²) < 4.78 is 0. The van der Waals surface area contributed by atoms with Crippen LogP contribution < -0.4 is 0 Å². The van der Waals surface area contributed by atoms with E-state index in [1.807, 2.05) is 18.2 Å². The fourth-order valence-corrected chi connectivity index (χ4v) is 0.534. The molecule has 0 aliphatic carbocycles. The second kappa shape index (κ2) is 106. The quantitative estimate of drug-likeness (QED) is 0.359. The Labute approximate surface area is 153 Å². The smallest absolute Gasteiger partial charge is 0.222 e. The largest absolute Gasteiger partial charge is 0.231 e. The molecule has 0 spiro atoms. The Morgan fingerprint density at radius 2 is 0.720 bits per heavy atom. The first-order chi connectivity index (χ1) is 9.05. The topological polar surface area (TPSA) is 164 Å². The lowest BCUT2D eigenvalue weighted by atomic mass is 10.2. The molecular formula is C17H36N4O4. The normalized spacial score (nSPS) is 3.72. The van der Waals surface area contributed by atoms with E-state index in [2.05, 4.69) is 19.1 Å². The lowest BCUT2D eigenvalue weighted by Crippen LogP contribution is -1.62. The van der Waals surface area contributed by atoms with Gasteiger partial charge in [0.2, 0.25) is 24.3 Å². The molecule has 1 aromatic rings. The minimum atomic E-state index is 0. The van der Waals surface area contributed by atoms with Crippen LogP contribution in [0, 0.1) is 28.6 Å². The fraction of sp³-hybridized carbons (Fsp3) is 0.412. The molecule has 0 saturated carbocycles. The van der Waals surface area contributed by atoms with Gasteiger partial charge in [-0.05, 0) is 6.92 Å². The molecule has 8 heteroatoms. The molecule has 8 nitrogen and oxygen atoms in total. The number of rotatable bonds is 0. The summed E-state index contributed by atoms with van der Waals surface area (Å²) in [5.41, 5.74) is 1.32. The van der Waals surface area contributed by atoms with Crippen molar-refractivity contribution in [2.24, 2.45) is 0 Å². The number of isocyanates is 4. The van der Waals surface area contributed by atoms with Crippen molar-refractivity contribution in [3.8, 4) is 0 Å². The third-order valence-electron chi connectivity index (χ3n) is 0.940. The standard InChI is InChI=1S/C7H8.4CHNO.6CH4/c1-7-5-3-2-4-6-7;4*2-1-3;;;;;;/h2-6H,1H3;4*2H;6*1H4. The lowest BCUT2D eigenvalue weighted by Gasteiger charge is -1.82. The van der Waals surface area contributed by atoms with Crippen LogP contribution in [-0.4, -0.2) is 24.3 Å². The van der Waals surface area contributed by atoms with Gasteiger partial charge in [-0.3, -0.25) is 0 Å². The van der Waals surface area contributed by atoms with Crippen molar-refractivity contribution in [2.75, 3.05) is 0 Å². The van der Waals surface area contributed by atoms with Gasteiger partial charge in [-0.25, -0.2) is 40.8 Å². The summed E-state index contributed by atoms with van der Waals surface area (Å²) in [5, 5.41) is 21.6. The first kappa shape index (κ1) is 67.8. The van der Waals surface area contributed by atoms with Crippen LogP contribution >= 0.6 is 0 Å². The van der Waals surface area contributed by atoms with Crippen LogP contribution in [-0.2, 0) is 19.2 Å². The summed E-state index contributed by atoms with van der Waals surface area (Å²) in [7, 11) is 0. The van der Waals surface area contributed by atoms with E-state index in [0.29, 0.717) is 0 Å². The average molecular weight is 360 g/mol. The summed E-state index contributed by atoms with van der Waals surface area (Å²) in [6, 6.07) is 10.3. The zero-order valence-corrected chi connectivity index (χ0v) is 10.0. The first-order valence-electron chi connectivity index (χ1n) is 4.23. The van der Waals surface area contributed by atoms with E-state index in [4.69, 9.17) is 40.8 Å². The molecule has 1 rings (SSSR count). The minimum Gasteiger partial charge on any atom is -0.222 e. The van der Waals surface area contributed by atoms with Crippen LogP contribution in [0.25, 0.3) is 0 Å². The number of nitrogens with one attached hydrogen (secondary N) is 4. The van der Waals surface area contributed by atoms with Crippen LogP contribution in [0.1, 0.15) is 50.1 Å². The number of hydrogen-bond donors (Lipinski definition) is 4. The highest BCUT2D eigenvalue weighted by Gasteiger charge is 1.72. The minimum absolute atomic E-state index is 0. The Bertz CT molecular complexity index is 377. The second-order valence-electron chi connectivity index (χ2n) is 2.06. The van der Waals surface area contributed by atoms with Gasteiger partial charge in [0.15, 0.2) is 0 Å². The molecule has 148 valence electrons. The van der Waals surface area contributed by atoms with Crippen molar-refractivity contribution in [2.45, 2.75) is 51.5 Å². The predicted molar refractivity (Wildman–Crippen MR) is 105 cm³/mol. The highest BCUT2D eigenvalue weighted by Crippen LogP contribution is 1.92. The molecule has 0 heterocycles. The van der Waals surface area contributed by atoms with E-state index in [0.717, 1.165) is 24.3 Å². The van der Waals surface area contributed by atoms with Gasteiger partial charge < -0.3 is 0 Å². The number of aryl methyl sites for hydroxylation is 1. The molecule has 4 N–H and O–H groups in total. The number of hydrogen-bond acceptors (Lipinski definition) is 8. The highest BCUT2D eigenvalue weighted by atomic mass is 16.1. The van der Waals surface area contributed by atoms with Crippen LogP contribution in [0.3, 0.4) is 0 Å². The SMILES string of the molecule is C.C.C.C.C.C.Cc1ccccc1.N=C=O.N=C=O.N=C=O.N=C=O. The van der Waals surface area contributed by atoms with Crippen molar-refractivity contribution >= 4 is 24.3 Å². The number of carbonyl (C=O) groups excluding carboxylic acids is 4. The molecule has 0 saturated heterocycles. The van der Waals surface area contributed by atoms with Crippen molar-refractivity contribution in [1.29, 1.82) is 21.6 Å². The molecule has 1 aromatic carbocycles. The van der Waals surface area contributed by atoms with Crippen LogP contribution in [0.15, 0.2) is 30.3 Å². The van der Waals surface area contributed by atoms with Crippen LogP contribution in [0.4, 0.5) is 0 Å². The Balaban J connectivity index is -0.0000000141. The van der Waals surface area contributed by atoms with Crippen molar-refractivity contribution < 1.29 is 19.2 Å². The van der Waals surface area contributed by atoms with Crippen LogP contribution in [0.5, 0.6) is 0 Å². The van der Waals surface area contributed by atoms with Gasteiger partial charge in [0, 0.05) is 0 Å². The number of benzene rings is 1. The summed E-state index contributed by atoms with van der Waals surface area (Å²) >= 11 is 0. The summed E-state index contributed by atoms with van der Waals surface area (Å²) in [4.78, 5) is 33.4. The third kappa shape index (κ3) is 324. The van der Waals surface area contributed by atoms with E-state index < -0.39 is 0 Å². The van der Waals surface area contributed by atoms with Gasteiger partial charge in [0.05, 0.1) is 0 Å². The maximum absolute atomic E-state index is 8.35. The van der Waals surface area contributed by atoms with Crippen molar-refractivity contribution in [1.82, 2.24) is 0 Å². The van der Waals surface area contributed by atoms with E-state index in [-0.39, 0.29) is 44.6 Å². The molecule has 0 atom stereocenters. The van der Waals surface area contributed by atoms with Gasteiger partial charge in [-0.15, -0.1) is 0 Å². The monoisotopic (exact) mass is 360 g/mol. The molecule has 0 aliphatic rings. The average Bonchev–Trinajstić information content (AvgIpc) is 2.34. The maximum atomic E-state index is 8.35. The molecule has 25 heavy (non-hydrogen) atoms.